The number of rotatable bonds is 4. The predicted molar refractivity (Wildman–Crippen MR) is 117 cm³/mol. The second-order valence-corrected chi connectivity index (χ2v) is 8.47. The molecular formula is C23H26N6O2. The third kappa shape index (κ3) is 3.66. The number of anilines is 1. The molecule has 3 aromatic rings. The average molecular weight is 419 g/mol. The second kappa shape index (κ2) is 7.76. The number of benzene rings is 1. The smallest absolute Gasteiger partial charge is 0.251 e. The molecule has 1 aliphatic heterocycles. The van der Waals surface area contributed by atoms with Crippen LogP contribution in [0.25, 0.3) is 17.0 Å². The number of nitrogens with zero attached hydrogens (tertiary/aromatic N) is 5. The number of imidazole rings is 1. The molecule has 8 nitrogen and oxygen atoms in total. The Balaban J connectivity index is 1.36. The first kappa shape index (κ1) is 19.7. The summed E-state index contributed by atoms with van der Waals surface area (Å²) in [6.45, 7) is 4.37. The Bertz CT molecular complexity index is 1140. The van der Waals surface area contributed by atoms with E-state index in [-0.39, 0.29) is 11.8 Å². The third-order valence-corrected chi connectivity index (χ3v) is 6.28. The molecule has 2 amide bonds. The second-order valence-electron chi connectivity index (χ2n) is 8.47. The number of amides is 2. The SMILES string of the molecule is Cc1cc(-c2cn3nc4c(nc3n2)CCCC4)ccc1NC(=O)C(C)N1CCCC1=O. The summed E-state index contributed by atoms with van der Waals surface area (Å²) in [5, 5.41) is 7.67. The van der Waals surface area contributed by atoms with Crippen LogP contribution in [0.2, 0.25) is 0 Å². The number of nitrogens with one attached hydrogen (secondary N) is 1. The number of carbonyl (C=O) groups is 2. The first-order valence-electron chi connectivity index (χ1n) is 11.0. The van der Waals surface area contributed by atoms with Gasteiger partial charge in [0.2, 0.25) is 11.8 Å². The molecule has 2 aliphatic rings. The van der Waals surface area contributed by atoms with Crippen molar-refractivity contribution < 1.29 is 9.59 Å². The van der Waals surface area contributed by atoms with Gasteiger partial charge in [0.25, 0.3) is 5.78 Å². The minimum atomic E-state index is -0.476. The van der Waals surface area contributed by atoms with E-state index in [4.69, 9.17) is 10.1 Å². The fourth-order valence-corrected chi connectivity index (χ4v) is 4.42. The van der Waals surface area contributed by atoms with E-state index in [0.29, 0.717) is 18.7 Å². The van der Waals surface area contributed by atoms with Gasteiger partial charge in [0.1, 0.15) is 6.04 Å². The van der Waals surface area contributed by atoms with Crippen LogP contribution < -0.4 is 5.32 Å². The Morgan fingerprint density at radius 3 is 2.65 bits per heavy atom. The maximum atomic E-state index is 12.7. The number of aryl methyl sites for hydroxylation is 3. The molecule has 1 unspecified atom stereocenters. The lowest BCUT2D eigenvalue weighted by Gasteiger charge is -2.23. The lowest BCUT2D eigenvalue weighted by atomic mass is 10.0. The molecule has 3 heterocycles. The van der Waals surface area contributed by atoms with Crippen LogP contribution in [0.5, 0.6) is 0 Å². The van der Waals surface area contributed by atoms with Crippen molar-refractivity contribution in [2.45, 2.75) is 58.4 Å². The fourth-order valence-electron chi connectivity index (χ4n) is 4.42. The highest BCUT2D eigenvalue weighted by atomic mass is 16.2. The quantitative estimate of drug-likeness (QED) is 0.703. The Morgan fingerprint density at radius 2 is 1.90 bits per heavy atom. The van der Waals surface area contributed by atoms with Crippen LogP contribution in [0.4, 0.5) is 5.69 Å². The summed E-state index contributed by atoms with van der Waals surface area (Å²) in [6.07, 6.45) is 7.50. The lowest BCUT2D eigenvalue weighted by Crippen LogP contribution is -2.42. The topological polar surface area (TPSA) is 92.5 Å². The van der Waals surface area contributed by atoms with Crippen LogP contribution in [-0.4, -0.2) is 48.9 Å². The van der Waals surface area contributed by atoms with E-state index in [1.165, 1.54) is 0 Å². The van der Waals surface area contributed by atoms with Gasteiger partial charge in [0.15, 0.2) is 0 Å². The highest BCUT2D eigenvalue weighted by Crippen LogP contribution is 2.26. The van der Waals surface area contributed by atoms with Gasteiger partial charge in [-0.2, -0.15) is 5.10 Å². The number of aromatic nitrogens is 4. The zero-order valence-corrected chi connectivity index (χ0v) is 17.9. The average Bonchev–Trinajstić information content (AvgIpc) is 3.38. The number of hydrogen-bond acceptors (Lipinski definition) is 5. The van der Waals surface area contributed by atoms with Gasteiger partial charge in [-0.05, 0) is 63.6 Å². The van der Waals surface area contributed by atoms with Crippen LogP contribution in [0.1, 0.15) is 49.6 Å². The minimum Gasteiger partial charge on any atom is -0.331 e. The number of hydrogen-bond donors (Lipinski definition) is 1. The Hall–Kier alpha value is -3.29. The van der Waals surface area contributed by atoms with E-state index in [9.17, 15) is 9.59 Å². The molecule has 0 radical (unpaired) electrons. The van der Waals surface area contributed by atoms with Crippen molar-refractivity contribution >= 4 is 23.3 Å². The molecule has 1 N–H and O–H groups in total. The normalized spacial score (nSPS) is 17.1. The number of carbonyl (C=O) groups excluding carboxylic acids is 2. The molecule has 0 bridgehead atoms. The van der Waals surface area contributed by atoms with Crippen LogP contribution in [0.15, 0.2) is 24.4 Å². The highest BCUT2D eigenvalue weighted by molar-refractivity contribution is 5.98. The summed E-state index contributed by atoms with van der Waals surface area (Å²) < 4.78 is 1.76. The van der Waals surface area contributed by atoms with Gasteiger partial charge in [-0.25, -0.2) is 14.5 Å². The number of fused-ring (bicyclic) bond motifs is 2. The summed E-state index contributed by atoms with van der Waals surface area (Å²) >= 11 is 0. The molecule has 0 saturated carbocycles. The predicted octanol–water partition coefficient (Wildman–Crippen LogP) is 2.93. The van der Waals surface area contributed by atoms with Crippen molar-refractivity contribution in [1.29, 1.82) is 0 Å². The van der Waals surface area contributed by atoms with Crippen LogP contribution in [0.3, 0.4) is 0 Å². The zero-order chi connectivity index (χ0) is 21.5. The Kier molecular flexibility index (Phi) is 4.92. The van der Waals surface area contributed by atoms with E-state index in [0.717, 1.165) is 66.0 Å². The Morgan fingerprint density at radius 1 is 1.10 bits per heavy atom. The summed E-state index contributed by atoms with van der Waals surface area (Å²) in [5.41, 5.74) is 5.56. The number of likely N-dealkylation sites (tertiary alicyclic amines) is 1. The largest absolute Gasteiger partial charge is 0.331 e. The first-order chi connectivity index (χ1) is 15.0. The molecule has 1 fully saturated rings. The lowest BCUT2D eigenvalue weighted by molar-refractivity contribution is -0.134. The highest BCUT2D eigenvalue weighted by Gasteiger charge is 2.29. The van der Waals surface area contributed by atoms with Crippen molar-refractivity contribution in [2.24, 2.45) is 0 Å². The van der Waals surface area contributed by atoms with E-state index in [2.05, 4.69) is 10.3 Å². The van der Waals surface area contributed by atoms with Gasteiger partial charge in [-0.15, -0.1) is 0 Å². The molecule has 5 rings (SSSR count). The van der Waals surface area contributed by atoms with Crippen molar-refractivity contribution in [3.05, 3.63) is 41.3 Å². The van der Waals surface area contributed by atoms with Gasteiger partial charge in [-0.1, -0.05) is 6.07 Å². The van der Waals surface area contributed by atoms with Gasteiger partial charge in [0, 0.05) is 24.2 Å². The molecule has 2 aromatic heterocycles. The Labute approximate surface area is 180 Å². The van der Waals surface area contributed by atoms with E-state index in [1.807, 2.05) is 31.3 Å². The minimum absolute atomic E-state index is 0.0467. The summed E-state index contributed by atoms with van der Waals surface area (Å²) in [6, 6.07) is 5.35. The van der Waals surface area contributed by atoms with E-state index < -0.39 is 6.04 Å². The molecule has 160 valence electrons. The van der Waals surface area contributed by atoms with Crippen LogP contribution >= 0.6 is 0 Å². The standard InChI is InChI=1S/C23H26N6O2/c1-14-12-16(9-10-17(14)24-22(31)15(2)28-11-5-8-21(28)30)20-13-29-23(26-20)25-18-6-3-4-7-19(18)27-29/h9-10,12-13,15H,3-8,11H2,1-2H3,(H,24,31). The van der Waals surface area contributed by atoms with Crippen LogP contribution in [0, 0.1) is 6.92 Å². The maximum absolute atomic E-state index is 12.7. The van der Waals surface area contributed by atoms with Crippen molar-refractivity contribution in [3.8, 4) is 11.3 Å². The fraction of sp³-hybridized carbons (Fsp3) is 0.435. The molecule has 0 spiro atoms. The van der Waals surface area contributed by atoms with Crippen molar-refractivity contribution in [3.63, 3.8) is 0 Å². The van der Waals surface area contributed by atoms with Gasteiger partial charge >= 0.3 is 0 Å². The van der Waals surface area contributed by atoms with Crippen molar-refractivity contribution in [1.82, 2.24) is 24.5 Å². The molecular weight excluding hydrogens is 392 g/mol. The van der Waals surface area contributed by atoms with Crippen LogP contribution in [-0.2, 0) is 22.4 Å². The van der Waals surface area contributed by atoms with Gasteiger partial charge in [0.05, 0.1) is 23.3 Å². The van der Waals surface area contributed by atoms with Gasteiger partial charge < -0.3 is 10.2 Å². The molecule has 1 aromatic carbocycles. The molecule has 1 atom stereocenters. The molecule has 8 heteroatoms. The summed E-state index contributed by atoms with van der Waals surface area (Å²) in [4.78, 5) is 35.6. The zero-order valence-electron chi connectivity index (χ0n) is 17.9. The molecule has 31 heavy (non-hydrogen) atoms. The molecule has 1 saturated heterocycles. The summed E-state index contributed by atoms with van der Waals surface area (Å²) in [7, 11) is 0. The van der Waals surface area contributed by atoms with E-state index >= 15 is 0 Å². The molecule has 1 aliphatic carbocycles. The third-order valence-electron chi connectivity index (χ3n) is 6.28. The monoisotopic (exact) mass is 418 g/mol. The summed E-state index contributed by atoms with van der Waals surface area (Å²) in [5.74, 6) is 0.498. The maximum Gasteiger partial charge on any atom is 0.251 e. The first-order valence-corrected chi connectivity index (χ1v) is 11.0. The van der Waals surface area contributed by atoms with E-state index in [1.54, 1.807) is 16.3 Å². The van der Waals surface area contributed by atoms with Gasteiger partial charge in [-0.3, -0.25) is 9.59 Å². The van der Waals surface area contributed by atoms with Crippen molar-refractivity contribution in [2.75, 3.05) is 11.9 Å².